The smallest absolute Gasteiger partial charge is 0.0406 e. The van der Waals surface area contributed by atoms with Gasteiger partial charge in [-0.2, -0.15) is 0 Å². The third-order valence-electron chi connectivity index (χ3n) is 2.15. The van der Waals surface area contributed by atoms with Crippen LogP contribution in [-0.2, 0) is 0 Å². The second-order valence-corrected chi connectivity index (χ2v) is 3.89. The Morgan fingerprint density at radius 1 is 1.14 bits per heavy atom. The first kappa shape index (κ1) is 11.3. The van der Waals surface area contributed by atoms with Crippen LogP contribution in [0.2, 0.25) is 5.02 Å². The highest BCUT2D eigenvalue weighted by Crippen LogP contribution is 2.11. The molecular formula is C13H17Cl. The third kappa shape index (κ3) is 4.48. The molecule has 1 aromatic carbocycles. The number of benzene rings is 1. The molecule has 0 aliphatic carbocycles. The van der Waals surface area contributed by atoms with Crippen molar-refractivity contribution in [1.29, 1.82) is 0 Å². The van der Waals surface area contributed by atoms with Gasteiger partial charge < -0.3 is 0 Å². The van der Waals surface area contributed by atoms with Crippen LogP contribution in [0.1, 0.15) is 38.2 Å². The highest BCUT2D eigenvalue weighted by Gasteiger charge is 1.87. The maximum absolute atomic E-state index is 5.79. The number of hydrogen-bond acceptors (Lipinski definition) is 0. The Balaban J connectivity index is 2.33. The van der Waals surface area contributed by atoms with Gasteiger partial charge in [-0.3, -0.25) is 0 Å². The molecule has 0 amide bonds. The van der Waals surface area contributed by atoms with Gasteiger partial charge in [-0.1, -0.05) is 55.7 Å². The van der Waals surface area contributed by atoms with E-state index in [4.69, 9.17) is 11.6 Å². The van der Waals surface area contributed by atoms with Crippen LogP contribution >= 0.6 is 11.6 Å². The summed E-state index contributed by atoms with van der Waals surface area (Å²) in [6, 6.07) is 7.93. The topological polar surface area (TPSA) is 0 Å². The molecule has 0 saturated carbocycles. The minimum absolute atomic E-state index is 0.799. The monoisotopic (exact) mass is 208 g/mol. The molecule has 1 rings (SSSR count). The molecule has 0 N–H and O–H groups in total. The van der Waals surface area contributed by atoms with E-state index in [-0.39, 0.29) is 0 Å². The SMILES string of the molecule is CCCCC/C=C/c1ccc(Cl)cc1. The van der Waals surface area contributed by atoms with Crippen LogP contribution < -0.4 is 0 Å². The molecule has 0 atom stereocenters. The van der Waals surface area contributed by atoms with Gasteiger partial charge in [-0.25, -0.2) is 0 Å². The van der Waals surface area contributed by atoms with Crippen LogP contribution in [0.4, 0.5) is 0 Å². The van der Waals surface area contributed by atoms with E-state index in [0.717, 1.165) is 5.02 Å². The number of unbranched alkanes of at least 4 members (excludes halogenated alkanes) is 3. The predicted octanol–water partition coefficient (Wildman–Crippen LogP) is 4.93. The Labute approximate surface area is 91.6 Å². The molecule has 0 spiro atoms. The zero-order chi connectivity index (χ0) is 10.2. The normalized spacial score (nSPS) is 11.0. The molecule has 0 heterocycles. The summed E-state index contributed by atoms with van der Waals surface area (Å²) in [4.78, 5) is 0. The molecule has 0 aliphatic heterocycles. The summed E-state index contributed by atoms with van der Waals surface area (Å²) in [5, 5.41) is 0.799. The Morgan fingerprint density at radius 2 is 1.86 bits per heavy atom. The van der Waals surface area contributed by atoms with Gasteiger partial charge >= 0.3 is 0 Å². The standard InChI is InChI=1S/C13H17Cl/c1-2-3-4-5-6-7-12-8-10-13(14)11-9-12/h6-11H,2-5H2,1H3/b7-6+. The Morgan fingerprint density at radius 3 is 2.50 bits per heavy atom. The maximum Gasteiger partial charge on any atom is 0.0406 e. The van der Waals surface area contributed by atoms with Crippen molar-refractivity contribution >= 4 is 17.7 Å². The molecule has 0 nitrogen and oxygen atoms in total. The lowest BCUT2D eigenvalue weighted by Gasteiger charge is -1.94. The summed E-state index contributed by atoms with van der Waals surface area (Å²) in [6.45, 7) is 2.23. The van der Waals surface area contributed by atoms with E-state index >= 15 is 0 Å². The van der Waals surface area contributed by atoms with Gasteiger partial charge in [0.15, 0.2) is 0 Å². The molecule has 0 unspecified atom stereocenters. The van der Waals surface area contributed by atoms with Gasteiger partial charge in [0.05, 0.1) is 0 Å². The van der Waals surface area contributed by atoms with Crippen molar-refractivity contribution in [3.63, 3.8) is 0 Å². The van der Waals surface area contributed by atoms with E-state index in [9.17, 15) is 0 Å². The molecule has 0 bridgehead atoms. The van der Waals surface area contributed by atoms with E-state index < -0.39 is 0 Å². The molecule has 14 heavy (non-hydrogen) atoms. The summed E-state index contributed by atoms with van der Waals surface area (Å²) in [7, 11) is 0. The average Bonchev–Trinajstić information content (AvgIpc) is 2.21. The van der Waals surface area contributed by atoms with E-state index in [1.54, 1.807) is 0 Å². The van der Waals surface area contributed by atoms with Gasteiger partial charge in [0, 0.05) is 5.02 Å². The minimum Gasteiger partial charge on any atom is -0.0843 e. The quantitative estimate of drug-likeness (QED) is 0.602. The largest absolute Gasteiger partial charge is 0.0843 e. The van der Waals surface area contributed by atoms with Crippen LogP contribution in [0, 0.1) is 0 Å². The highest BCUT2D eigenvalue weighted by atomic mass is 35.5. The fraction of sp³-hybridized carbons (Fsp3) is 0.385. The lowest BCUT2D eigenvalue weighted by molar-refractivity contribution is 0.730. The first-order valence-electron chi connectivity index (χ1n) is 5.25. The van der Waals surface area contributed by atoms with Gasteiger partial charge in [0.25, 0.3) is 0 Å². The number of hydrogen-bond donors (Lipinski definition) is 0. The van der Waals surface area contributed by atoms with E-state index in [1.807, 2.05) is 24.3 Å². The molecule has 0 fully saturated rings. The Kier molecular flexibility index (Phi) is 5.39. The molecular weight excluding hydrogens is 192 g/mol. The summed E-state index contributed by atoms with van der Waals surface area (Å²) >= 11 is 5.79. The first-order valence-corrected chi connectivity index (χ1v) is 5.63. The molecule has 1 aromatic rings. The number of rotatable bonds is 5. The summed E-state index contributed by atoms with van der Waals surface area (Å²) < 4.78 is 0. The van der Waals surface area contributed by atoms with Crippen molar-refractivity contribution in [3.8, 4) is 0 Å². The molecule has 0 radical (unpaired) electrons. The number of allylic oxidation sites excluding steroid dienone is 1. The lowest BCUT2D eigenvalue weighted by atomic mass is 10.1. The Hall–Kier alpha value is -0.750. The van der Waals surface area contributed by atoms with Gasteiger partial charge in [0.2, 0.25) is 0 Å². The third-order valence-corrected chi connectivity index (χ3v) is 2.41. The van der Waals surface area contributed by atoms with E-state index in [2.05, 4.69) is 19.1 Å². The fourth-order valence-corrected chi connectivity index (χ4v) is 1.43. The average molecular weight is 209 g/mol. The summed E-state index contributed by atoms with van der Waals surface area (Å²) in [6.07, 6.45) is 9.47. The van der Waals surface area contributed by atoms with Crippen LogP contribution in [0.5, 0.6) is 0 Å². The van der Waals surface area contributed by atoms with Crippen molar-refractivity contribution in [2.75, 3.05) is 0 Å². The summed E-state index contributed by atoms with van der Waals surface area (Å²) in [5.74, 6) is 0. The zero-order valence-electron chi connectivity index (χ0n) is 8.67. The fourth-order valence-electron chi connectivity index (χ4n) is 1.31. The van der Waals surface area contributed by atoms with Crippen LogP contribution in [0.15, 0.2) is 30.3 Å². The molecule has 76 valence electrons. The highest BCUT2D eigenvalue weighted by molar-refractivity contribution is 6.30. The van der Waals surface area contributed by atoms with Crippen LogP contribution in [0.3, 0.4) is 0 Å². The second-order valence-electron chi connectivity index (χ2n) is 3.45. The Bertz CT molecular complexity index is 272. The van der Waals surface area contributed by atoms with Gasteiger partial charge in [-0.05, 0) is 30.5 Å². The minimum atomic E-state index is 0.799. The van der Waals surface area contributed by atoms with Crippen molar-refractivity contribution in [2.24, 2.45) is 0 Å². The molecule has 0 saturated heterocycles. The van der Waals surface area contributed by atoms with Gasteiger partial charge in [0.1, 0.15) is 0 Å². The molecule has 0 aromatic heterocycles. The maximum atomic E-state index is 5.79. The van der Waals surface area contributed by atoms with Crippen molar-refractivity contribution in [1.82, 2.24) is 0 Å². The van der Waals surface area contributed by atoms with Crippen molar-refractivity contribution in [3.05, 3.63) is 40.9 Å². The molecule has 1 heteroatoms. The predicted molar refractivity (Wildman–Crippen MR) is 64.6 cm³/mol. The van der Waals surface area contributed by atoms with Crippen molar-refractivity contribution < 1.29 is 0 Å². The summed E-state index contributed by atoms with van der Waals surface area (Å²) in [5.41, 5.74) is 1.23. The van der Waals surface area contributed by atoms with Crippen LogP contribution in [-0.4, -0.2) is 0 Å². The lowest BCUT2D eigenvalue weighted by Crippen LogP contribution is -1.72. The first-order chi connectivity index (χ1) is 6.83. The van der Waals surface area contributed by atoms with Crippen molar-refractivity contribution in [2.45, 2.75) is 32.6 Å². The second kappa shape index (κ2) is 6.67. The zero-order valence-corrected chi connectivity index (χ0v) is 9.43. The van der Waals surface area contributed by atoms with Crippen LogP contribution in [0.25, 0.3) is 6.08 Å². The molecule has 0 aliphatic rings. The van der Waals surface area contributed by atoms with E-state index in [0.29, 0.717) is 0 Å². The van der Waals surface area contributed by atoms with Gasteiger partial charge in [-0.15, -0.1) is 0 Å². The number of halogens is 1. The van der Waals surface area contributed by atoms with E-state index in [1.165, 1.54) is 31.2 Å².